The minimum Gasteiger partial charge on any atom is -0.478 e. The molecule has 2 aliphatic carbocycles. The number of fused-ring (bicyclic) bond motifs is 1. The lowest BCUT2D eigenvalue weighted by Crippen LogP contribution is -2.41. The highest BCUT2D eigenvalue weighted by Gasteiger charge is 2.45. The highest BCUT2D eigenvalue weighted by Crippen LogP contribution is 2.53. The molecule has 0 saturated heterocycles. The summed E-state index contributed by atoms with van der Waals surface area (Å²) in [6.07, 6.45) is 4.00. The molecule has 0 aliphatic heterocycles. The van der Waals surface area contributed by atoms with E-state index in [9.17, 15) is 9.90 Å². The number of rotatable bonds is 1. The molecule has 0 amide bonds. The largest absolute Gasteiger partial charge is 0.478 e. The number of aliphatic hydroxyl groups is 1. The molecule has 0 aromatic rings. The van der Waals surface area contributed by atoms with E-state index in [4.69, 9.17) is 5.11 Å². The van der Waals surface area contributed by atoms with Crippen LogP contribution in [0.1, 0.15) is 46.0 Å². The number of carboxylic acids is 1. The van der Waals surface area contributed by atoms with E-state index in [1.165, 1.54) is 5.57 Å². The number of hydrogen-bond acceptors (Lipinski definition) is 2. The van der Waals surface area contributed by atoms with Gasteiger partial charge in [-0.15, -0.1) is 0 Å². The summed E-state index contributed by atoms with van der Waals surface area (Å²) < 4.78 is 0. The van der Waals surface area contributed by atoms with Crippen molar-refractivity contribution in [2.45, 2.75) is 52.1 Å². The average molecular weight is 250 g/mol. The van der Waals surface area contributed by atoms with Crippen molar-refractivity contribution in [3.63, 3.8) is 0 Å². The molecule has 2 saturated carbocycles. The Morgan fingerprint density at radius 2 is 2.17 bits per heavy atom. The molecule has 0 aromatic heterocycles. The van der Waals surface area contributed by atoms with Crippen LogP contribution in [-0.4, -0.2) is 22.3 Å². The summed E-state index contributed by atoms with van der Waals surface area (Å²) in [6.45, 7) is 7.95. The Hall–Kier alpha value is -1.09. The zero-order valence-corrected chi connectivity index (χ0v) is 11.2. The van der Waals surface area contributed by atoms with Crippen molar-refractivity contribution >= 4 is 5.97 Å². The molecule has 0 bridgehead atoms. The van der Waals surface area contributed by atoms with E-state index in [-0.39, 0.29) is 5.41 Å². The first-order valence-electron chi connectivity index (χ1n) is 6.64. The third-order valence-electron chi connectivity index (χ3n) is 4.87. The quantitative estimate of drug-likeness (QED) is 0.555. The van der Waals surface area contributed by atoms with Gasteiger partial charge in [0.1, 0.15) is 0 Å². The summed E-state index contributed by atoms with van der Waals surface area (Å²) in [4.78, 5) is 11.1. The first-order valence-corrected chi connectivity index (χ1v) is 6.64. The maximum atomic E-state index is 11.1. The maximum absolute atomic E-state index is 11.1. The van der Waals surface area contributed by atoms with Gasteiger partial charge in [0.2, 0.25) is 0 Å². The molecule has 3 heteroatoms. The van der Waals surface area contributed by atoms with E-state index in [0.29, 0.717) is 29.9 Å². The average Bonchev–Trinajstić information content (AvgIpc) is 2.26. The van der Waals surface area contributed by atoms with Crippen LogP contribution in [0.4, 0.5) is 0 Å². The fourth-order valence-electron chi connectivity index (χ4n) is 3.66. The first kappa shape index (κ1) is 13.3. The van der Waals surface area contributed by atoms with E-state index in [2.05, 4.69) is 13.5 Å². The fourth-order valence-corrected chi connectivity index (χ4v) is 3.66. The molecule has 2 fully saturated rings. The van der Waals surface area contributed by atoms with Crippen molar-refractivity contribution in [1.82, 2.24) is 0 Å². The number of hydrogen-bond donors (Lipinski definition) is 2. The molecule has 3 unspecified atom stereocenters. The molecule has 2 N–H and O–H groups in total. The third-order valence-corrected chi connectivity index (χ3v) is 4.87. The van der Waals surface area contributed by atoms with Crippen LogP contribution in [0.25, 0.3) is 0 Å². The minimum absolute atomic E-state index is 0.0943. The monoisotopic (exact) mass is 250 g/mol. The Bertz CT molecular complexity index is 421. The molecule has 18 heavy (non-hydrogen) atoms. The smallest absolute Gasteiger partial charge is 0.331 e. The molecule has 0 spiro atoms. The molecule has 0 radical (unpaired) electrons. The standard InChI is InChI=1S/C15H22O3/c1-9-5-4-6-15(3)8-13(16)11(7-12(9)15)10(2)14(17)18/h12-13,16H,1,4-8H2,2-3H3,(H,17,18)/b11-10-. The fraction of sp³-hybridized carbons (Fsp3) is 0.667. The topological polar surface area (TPSA) is 57.5 Å². The molecule has 0 aromatic carbocycles. The third kappa shape index (κ3) is 2.12. The summed E-state index contributed by atoms with van der Waals surface area (Å²) in [5, 5.41) is 19.3. The van der Waals surface area contributed by atoms with Crippen LogP contribution in [0.2, 0.25) is 0 Å². The summed E-state index contributed by atoms with van der Waals surface area (Å²) in [5.41, 5.74) is 2.33. The van der Waals surface area contributed by atoms with E-state index >= 15 is 0 Å². The molecule has 3 nitrogen and oxygen atoms in total. The Balaban J connectivity index is 2.34. The van der Waals surface area contributed by atoms with Crippen molar-refractivity contribution in [3.05, 3.63) is 23.3 Å². The molecule has 2 rings (SSSR count). The van der Waals surface area contributed by atoms with Gasteiger partial charge < -0.3 is 10.2 Å². The van der Waals surface area contributed by atoms with Crippen molar-refractivity contribution < 1.29 is 15.0 Å². The van der Waals surface area contributed by atoms with Gasteiger partial charge in [-0.25, -0.2) is 4.79 Å². The van der Waals surface area contributed by atoms with Gasteiger partial charge in [0.05, 0.1) is 6.10 Å². The van der Waals surface area contributed by atoms with Gasteiger partial charge in [0.15, 0.2) is 0 Å². The maximum Gasteiger partial charge on any atom is 0.331 e. The van der Waals surface area contributed by atoms with Crippen molar-refractivity contribution in [1.29, 1.82) is 0 Å². The number of aliphatic carboxylic acids is 1. The van der Waals surface area contributed by atoms with Gasteiger partial charge in [-0.3, -0.25) is 0 Å². The number of aliphatic hydroxyl groups excluding tert-OH is 1. The second-order valence-corrected chi connectivity index (χ2v) is 6.10. The minimum atomic E-state index is -0.922. The SMILES string of the molecule is C=C1CCCC2(C)CC(O)/C(=C(/C)C(=O)O)CC12. The van der Waals surface area contributed by atoms with Crippen LogP contribution in [0.5, 0.6) is 0 Å². The van der Waals surface area contributed by atoms with Gasteiger partial charge in [0, 0.05) is 5.57 Å². The Morgan fingerprint density at radius 1 is 1.50 bits per heavy atom. The van der Waals surface area contributed by atoms with Crippen LogP contribution in [0, 0.1) is 11.3 Å². The molecular formula is C15H22O3. The van der Waals surface area contributed by atoms with Crippen LogP contribution >= 0.6 is 0 Å². The highest BCUT2D eigenvalue weighted by molar-refractivity contribution is 5.87. The lowest BCUT2D eigenvalue weighted by molar-refractivity contribution is -0.132. The molecule has 2 aliphatic rings. The van der Waals surface area contributed by atoms with Crippen LogP contribution < -0.4 is 0 Å². The molecule has 0 heterocycles. The van der Waals surface area contributed by atoms with E-state index in [1.54, 1.807) is 6.92 Å². The summed E-state index contributed by atoms with van der Waals surface area (Å²) >= 11 is 0. The van der Waals surface area contributed by atoms with Crippen LogP contribution in [-0.2, 0) is 4.79 Å². The van der Waals surface area contributed by atoms with Crippen molar-refractivity contribution in [2.24, 2.45) is 11.3 Å². The highest BCUT2D eigenvalue weighted by atomic mass is 16.4. The Kier molecular flexibility index (Phi) is 3.37. The normalized spacial score (nSPS) is 39.2. The predicted octanol–water partition coefficient (Wildman–Crippen LogP) is 2.90. The lowest BCUT2D eigenvalue weighted by Gasteiger charge is -2.49. The van der Waals surface area contributed by atoms with E-state index in [0.717, 1.165) is 19.3 Å². The van der Waals surface area contributed by atoms with Crippen molar-refractivity contribution in [2.75, 3.05) is 0 Å². The van der Waals surface area contributed by atoms with Gasteiger partial charge in [-0.2, -0.15) is 0 Å². The summed E-state index contributed by atoms with van der Waals surface area (Å²) in [7, 11) is 0. The molecule has 100 valence electrons. The Morgan fingerprint density at radius 3 is 2.78 bits per heavy atom. The lowest BCUT2D eigenvalue weighted by atomic mass is 9.57. The van der Waals surface area contributed by atoms with E-state index in [1.807, 2.05) is 0 Å². The zero-order valence-electron chi connectivity index (χ0n) is 11.2. The summed E-state index contributed by atoms with van der Waals surface area (Å²) in [6, 6.07) is 0. The van der Waals surface area contributed by atoms with Gasteiger partial charge >= 0.3 is 5.97 Å². The van der Waals surface area contributed by atoms with Gasteiger partial charge in [0.25, 0.3) is 0 Å². The number of carboxylic acid groups (broad SMARTS) is 1. The van der Waals surface area contributed by atoms with Crippen LogP contribution in [0.3, 0.4) is 0 Å². The van der Waals surface area contributed by atoms with Gasteiger partial charge in [-0.1, -0.05) is 19.1 Å². The van der Waals surface area contributed by atoms with E-state index < -0.39 is 12.1 Å². The molecule has 3 atom stereocenters. The predicted molar refractivity (Wildman–Crippen MR) is 70.2 cm³/mol. The Labute approximate surface area is 108 Å². The molecular weight excluding hydrogens is 228 g/mol. The second kappa shape index (κ2) is 4.54. The zero-order chi connectivity index (χ0) is 13.5. The number of allylic oxidation sites excluding steroid dienone is 1. The van der Waals surface area contributed by atoms with Crippen molar-refractivity contribution in [3.8, 4) is 0 Å². The second-order valence-electron chi connectivity index (χ2n) is 6.10. The number of carbonyl (C=O) groups is 1. The summed E-state index contributed by atoms with van der Waals surface area (Å²) in [5.74, 6) is -0.590. The van der Waals surface area contributed by atoms with Gasteiger partial charge in [-0.05, 0) is 55.9 Å². The first-order chi connectivity index (χ1) is 8.35. The van der Waals surface area contributed by atoms with Crippen LogP contribution in [0.15, 0.2) is 23.3 Å².